The van der Waals surface area contributed by atoms with Gasteiger partial charge in [0.1, 0.15) is 11.5 Å². The third-order valence-electron chi connectivity index (χ3n) is 5.91. The summed E-state index contributed by atoms with van der Waals surface area (Å²) in [6, 6.07) is 12.0. The van der Waals surface area contributed by atoms with Crippen molar-refractivity contribution in [1.29, 1.82) is 0 Å². The molecule has 0 saturated heterocycles. The second-order valence-corrected chi connectivity index (χ2v) is 14.1. The van der Waals surface area contributed by atoms with Crippen molar-refractivity contribution in [2.24, 2.45) is 0 Å². The van der Waals surface area contributed by atoms with Crippen LogP contribution in [0.1, 0.15) is 44.4 Å². The fourth-order valence-electron chi connectivity index (χ4n) is 3.21. The van der Waals surface area contributed by atoms with E-state index in [9.17, 15) is 14.5 Å². The second kappa shape index (κ2) is 9.74. The van der Waals surface area contributed by atoms with Crippen molar-refractivity contribution in [3.8, 4) is 0 Å². The molecule has 2 aromatic rings. The zero-order chi connectivity index (χ0) is 23.4. The Labute approximate surface area is 185 Å². The minimum atomic E-state index is -2.28. The summed E-state index contributed by atoms with van der Waals surface area (Å²) in [5, 5.41) is 12.1. The van der Waals surface area contributed by atoms with Crippen LogP contribution in [0.4, 0.5) is 15.8 Å². The Bertz CT molecular complexity index is 926. The summed E-state index contributed by atoms with van der Waals surface area (Å²) >= 11 is 0. The van der Waals surface area contributed by atoms with Crippen LogP contribution in [0.2, 0.25) is 18.1 Å². The second-order valence-electron chi connectivity index (χ2n) is 9.35. The molecule has 1 unspecified atom stereocenters. The van der Waals surface area contributed by atoms with E-state index < -0.39 is 25.2 Å². The van der Waals surface area contributed by atoms with Crippen LogP contribution in [0, 0.1) is 15.9 Å². The Kier molecular flexibility index (Phi) is 7.78. The lowest BCUT2D eigenvalue weighted by Crippen LogP contribution is -2.42. The first-order valence-corrected chi connectivity index (χ1v) is 13.3. The van der Waals surface area contributed by atoms with Crippen LogP contribution in [0.15, 0.2) is 55.1 Å². The van der Waals surface area contributed by atoms with E-state index in [0.717, 1.165) is 5.56 Å². The molecule has 0 aliphatic heterocycles. The standard InChI is InChI=1S/C24H33FN2O3Si/c1-8-12-22(30-31(6,7)24(2,3)4)20-15-19(25)16-21(23(20)27(28)29)26(5)17-18-13-10-9-11-14-18/h8-11,13-16,22H,1,12,17H2,2-7H3. The van der Waals surface area contributed by atoms with Gasteiger partial charge in [-0.25, -0.2) is 4.39 Å². The number of rotatable bonds is 9. The van der Waals surface area contributed by atoms with Crippen molar-refractivity contribution in [3.05, 3.63) is 82.2 Å². The van der Waals surface area contributed by atoms with Gasteiger partial charge in [-0.2, -0.15) is 0 Å². The minimum absolute atomic E-state index is 0.0958. The molecule has 7 heteroatoms. The fraction of sp³-hybridized carbons (Fsp3) is 0.417. The molecule has 2 aromatic carbocycles. The predicted molar refractivity (Wildman–Crippen MR) is 127 cm³/mol. The molecule has 5 nitrogen and oxygen atoms in total. The van der Waals surface area contributed by atoms with Crippen molar-refractivity contribution in [1.82, 2.24) is 0 Å². The number of anilines is 1. The van der Waals surface area contributed by atoms with Crippen molar-refractivity contribution in [2.75, 3.05) is 11.9 Å². The molecule has 0 spiro atoms. The summed E-state index contributed by atoms with van der Waals surface area (Å²) in [6.45, 7) is 14.7. The fourth-order valence-corrected chi connectivity index (χ4v) is 4.49. The van der Waals surface area contributed by atoms with Gasteiger partial charge < -0.3 is 9.33 Å². The van der Waals surface area contributed by atoms with Gasteiger partial charge in [0.15, 0.2) is 8.32 Å². The smallest absolute Gasteiger partial charge is 0.298 e. The summed E-state index contributed by atoms with van der Waals surface area (Å²) in [7, 11) is -0.543. The molecule has 0 aliphatic rings. The Morgan fingerprint density at radius 1 is 1.26 bits per heavy atom. The van der Waals surface area contributed by atoms with Crippen LogP contribution in [-0.4, -0.2) is 20.3 Å². The zero-order valence-electron chi connectivity index (χ0n) is 19.3. The highest BCUT2D eigenvalue weighted by Crippen LogP contribution is 2.44. The van der Waals surface area contributed by atoms with Crippen LogP contribution in [0.5, 0.6) is 0 Å². The Hall–Kier alpha value is -2.51. The number of hydrogen-bond donors (Lipinski definition) is 0. The van der Waals surface area contributed by atoms with Gasteiger partial charge in [-0.1, -0.05) is 57.2 Å². The lowest BCUT2D eigenvalue weighted by molar-refractivity contribution is -0.385. The normalized spacial score (nSPS) is 13.0. The van der Waals surface area contributed by atoms with Crippen molar-refractivity contribution >= 4 is 19.7 Å². The van der Waals surface area contributed by atoms with Crippen molar-refractivity contribution < 1.29 is 13.7 Å². The monoisotopic (exact) mass is 444 g/mol. The maximum Gasteiger partial charge on any atom is 0.298 e. The largest absolute Gasteiger partial charge is 0.409 e. The first-order chi connectivity index (χ1) is 14.4. The molecule has 0 aromatic heterocycles. The van der Waals surface area contributed by atoms with Crippen molar-refractivity contribution in [2.45, 2.75) is 58.0 Å². The van der Waals surface area contributed by atoms with Crippen LogP contribution in [0.3, 0.4) is 0 Å². The molecule has 31 heavy (non-hydrogen) atoms. The molecule has 0 bridgehead atoms. The average Bonchev–Trinajstić information content (AvgIpc) is 2.66. The van der Waals surface area contributed by atoms with E-state index in [1.54, 1.807) is 18.0 Å². The maximum absolute atomic E-state index is 14.7. The van der Waals surface area contributed by atoms with Gasteiger partial charge in [0.25, 0.3) is 5.69 Å². The van der Waals surface area contributed by atoms with Crippen LogP contribution >= 0.6 is 0 Å². The molecule has 0 saturated carbocycles. The van der Waals surface area contributed by atoms with E-state index in [1.807, 2.05) is 30.3 Å². The van der Waals surface area contributed by atoms with Gasteiger partial charge in [-0.05, 0) is 36.2 Å². The highest BCUT2D eigenvalue weighted by Gasteiger charge is 2.41. The predicted octanol–water partition coefficient (Wildman–Crippen LogP) is 7.01. The quantitative estimate of drug-likeness (QED) is 0.181. The Morgan fingerprint density at radius 2 is 1.87 bits per heavy atom. The zero-order valence-corrected chi connectivity index (χ0v) is 20.3. The summed E-state index contributed by atoms with van der Waals surface area (Å²) in [5.74, 6) is -0.525. The van der Waals surface area contributed by atoms with Gasteiger partial charge in [0, 0.05) is 19.7 Å². The third kappa shape index (κ3) is 6.01. The number of halogens is 1. The lowest BCUT2D eigenvalue weighted by atomic mass is 10.0. The Morgan fingerprint density at radius 3 is 2.39 bits per heavy atom. The molecule has 0 amide bonds. The molecular weight excluding hydrogens is 411 g/mol. The van der Waals surface area contributed by atoms with E-state index in [1.165, 1.54) is 12.1 Å². The average molecular weight is 445 g/mol. The van der Waals surface area contributed by atoms with Crippen LogP contribution in [-0.2, 0) is 11.0 Å². The summed E-state index contributed by atoms with van der Waals surface area (Å²) in [4.78, 5) is 13.4. The van der Waals surface area contributed by atoms with Crippen LogP contribution < -0.4 is 4.90 Å². The van der Waals surface area contributed by atoms with Crippen LogP contribution in [0.25, 0.3) is 0 Å². The molecule has 0 N–H and O–H groups in total. The Balaban J connectivity index is 2.57. The molecule has 0 heterocycles. The van der Waals surface area contributed by atoms with Gasteiger partial charge >= 0.3 is 0 Å². The van der Waals surface area contributed by atoms with Gasteiger partial charge in [0.2, 0.25) is 0 Å². The summed E-state index contributed by atoms with van der Waals surface area (Å²) in [6.07, 6.45) is 1.39. The highest BCUT2D eigenvalue weighted by molar-refractivity contribution is 6.74. The van der Waals surface area contributed by atoms with E-state index in [-0.39, 0.29) is 22.0 Å². The number of benzene rings is 2. The third-order valence-corrected chi connectivity index (χ3v) is 10.4. The summed E-state index contributed by atoms with van der Waals surface area (Å²) in [5.41, 5.74) is 1.34. The maximum atomic E-state index is 14.7. The molecule has 2 rings (SSSR count). The molecule has 0 aliphatic carbocycles. The van der Waals surface area contributed by atoms with Crippen molar-refractivity contribution in [3.63, 3.8) is 0 Å². The summed E-state index contributed by atoms with van der Waals surface area (Å²) < 4.78 is 21.2. The van der Waals surface area contributed by atoms with E-state index in [4.69, 9.17) is 4.43 Å². The van der Waals surface area contributed by atoms with E-state index in [2.05, 4.69) is 40.4 Å². The van der Waals surface area contributed by atoms with E-state index >= 15 is 0 Å². The molecule has 1 atom stereocenters. The van der Waals surface area contributed by atoms with Gasteiger partial charge in [-0.3, -0.25) is 10.1 Å². The number of nitro benzene ring substituents is 1. The number of nitrogens with zero attached hydrogens (tertiary/aromatic N) is 2. The number of hydrogen-bond acceptors (Lipinski definition) is 4. The molecule has 168 valence electrons. The van der Waals surface area contributed by atoms with E-state index in [0.29, 0.717) is 13.0 Å². The lowest BCUT2D eigenvalue weighted by Gasteiger charge is -2.39. The highest BCUT2D eigenvalue weighted by atomic mass is 28.4. The minimum Gasteiger partial charge on any atom is -0.409 e. The number of nitro groups is 1. The first-order valence-electron chi connectivity index (χ1n) is 10.4. The topological polar surface area (TPSA) is 55.6 Å². The first kappa shape index (κ1) is 24.8. The van der Waals surface area contributed by atoms with Gasteiger partial charge in [-0.15, -0.1) is 6.58 Å². The molecule has 0 radical (unpaired) electrons. The SMILES string of the molecule is C=CCC(O[Si](C)(C)C(C)(C)C)c1cc(F)cc(N(C)Cc2ccccc2)c1[N+](=O)[O-]. The molecule has 0 fully saturated rings. The molecular formula is C24H33FN2O3Si. The van der Waals surface area contributed by atoms with Gasteiger partial charge in [0.05, 0.1) is 16.6 Å².